The van der Waals surface area contributed by atoms with Gasteiger partial charge in [-0.05, 0) is 12.3 Å². The fraction of sp³-hybridized carbons (Fsp3) is 0.615. The minimum absolute atomic E-state index is 0.00514. The van der Waals surface area contributed by atoms with E-state index in [2.05, 4.69) is 10.3 Å². The lowest BCUT2D eigenvalue weighted by molar-refractivity contribution is -0.151. The van der Waals surface area contributed by atoms with Crippen LogP contribution in [0.3, 0.4) is 0 Å². The largest absolute Gasteiger partial charge is 0.342 e. The third-order valence-electron chi connectivity index (χ3n) is 3.39. The van der Waals surface area contributed by atoms with E-state index in [9.17, 15) is 9.59 Å². The Bertz CT molecular complexity index is 458. The van der Waals surface area contributed by atoms with Crippen molar-refractivity contribution in [3.63, 3.8) is 0 Å². The molecule has 0 spiro atoms. The number of nitrogens with one attached hydrogen (secondary N) is 1. The number of piperazine rings is 1. The van der Waals surface area contributed by atoms with E-state index in [-0.39, 0.29) is 23.8 Å². The van der Waals surface area contributed by atoms with E-state index in [0.29, 0.717) is 13.0 Å². The van der Waals surface area contributed by atoms with Crippen molar-refractivity contribution in [1.82, 2.24) is 15.2 Å². The van der Waals surface area contributed by atoms with Gasteiger partial charge >= 0.3 is 0 Å². The van der Waals surface area contributed by atoms with E-state index in [1.807, 2.05) is 26.2 Å². The van der Waals surface area contributed by atoms with Crippen LogP contribution in [0.1, 0.15) is 32.9 Å². The maximum Gasteiger partial charge on any atom is 0.246 e. The highest BCUT2D eigenvalue weighted by atomic mass is 32.1. The summed E-state index contributed by atoms with van der Waals surface area (Å²) in [6, 6.07) is -0.807. The molecule has 104 valence electrons. The van der Waals surface area contributed by atoms with Crippen LogP contribution in [0.25, 0.3) is 0 Å². The van der Waals surface area contributed by atoms with Crippen LogP contribution in [-0.2, 0) is 16.1 Å². The number of aromatic nitrogens is 1. The summed E-state index contributed by atoms with van der Waals surface area (Å²) in [6.07, 6.45) is 0.618. The third-order valence-corrected chi connectivity index (χ3v) is 4.03. The molecule has 2 rings (SSSR count). The molecule has 1 aliphatic heterocycles. The predicted molar refractivity (Wildman–Crippen MR) is 73.5 cm³/mol. The molecule has 2 atom stereocenters. The Morgan fingerprint density at radius 3 is 2.74 bits per heavy atom. The molecule has 2 heterocycles. The summed E-state index contributed by atoms with van der Waals surface area (Å²) in [5.41, 5.74) is 2.58. The topological polar surface area (TPSA) is 62.3 Å². The summed E-state index contributed by atoms with van der Waals surface area (Å²) >= 11 is 1.50. The molecule has 0 radical (unpaired) electrons. The van der Waals surface area contributed by atoms with Gasteiger partial charge in [-0.2, -0.15) is 0 Å². The lowest BCUT2D eigenvalue weighted by atomic mass is 9.97. The standard InChI is InChI=1S/C13H19N3O2S/c1-4-10-12(17)15-11(8(2)3)13(18)16(10)5-9-6-19-7-14-9/h6-8,10-11H,4-5H2,1-3H3,(H,15,17). The second-order valence-corrected chi connectivity index (χ2v) is 5.82. The summed E-state index contributed by atoms with van der Waals surface area (Å²) in [4.78, 5) is 30.5. The van der Waals surface area contributed by atoms with E-state index in [0.717, 1.165) is 5.69 Å². The number of carbonyl (C=O) groups excluding carboxylic acids is 2. The molecule has 6 heteroatoms. The lowest BCUT2D eigenvalue weighted by Crippen LogP contribution is -2.64. The summed E-state index contributed by atoms with van der Waals surface area (Å²) in [6.45, 7) is 6.21. The first kappa shape index (κ1) is 14.0. The number of hydrogen-bond donors (Lipinski definition) is 1. The first-order valence-corrected chi connectivity index (χ1v) is 7.46. The van der Waals surface area contributed by atoms with Gasteiger partial charge in [0.05, 0.1) is 17.7 Å². The van der Waals surface area contributed by atoms with Crippen LogP contribution in [0.4, 0.5) is 0 Å². The molecule has 0 aromatic carbocycles. The first-order valence-electron chi connectivity index (χ1n) is 6.52. The van der Waals surface area contributed by atoms with Crippen molar-refractivity contribution in [3.8, 4) is 0 Å². The minimum Gasteiger partial charge on any atom is -0.342 e. The molecule has 0 saturated carbocycles. The van der Waals surface area contributed by atoms with Crippen molar-refractivity contribution in [2.45, 2.75) is 45.8 Å². The van der Waals surface area contributed by atoms with Crippen LogP contribution in [0.5, 0.6) is 0 Å². The molecule has 0 bridgehead atoms. The molecule has 1 aliphatic rings. The van der Waals surface area contributed by atoms with Gasteiger partial charge in [-0.1, -0.05) is 20.8 Å². The fourth-order valence-corrected chi connectivity index (χ4v) is 2.87. The van der Waals surface area contributed by atoms with Gasteiger partial charge in [0, 0.05) is 5.38 Å². The normalized spacial score (nSPS) is 23.9. The Hall–Kier alpha value is -1.43. The molecule has 1 saturated heterocycles. The Morgan fingerprint density at radius 2 is 2.21 bits per heavy atom. The van der Waals surface area contributed by atoms with Gasteiger partial charge < -0.3 is 10.2 Å². The molecular weight excluding hydrogens is 262 g/mol. The van der Waals surface area contributed by atoms with Crippen LogP contribution >= 0.6 is 11.3 Å². The van der Waals surface area contributed by atoms with E-state index in [1.165, 1.54) is 11.3 Å². The van der Waals surface area contributed by atoms with E-state index in [1.54, 1.807) is 10.4 Å². The van der Waals surface area contributed by atoms with E-state index in [4.69, 9.17) is 0 Å². The van der Waals surface area contributed by atoms with Gasteiger partial charge in [0.25, 0.3) is 0 Å². The zero-order valence-corrected chi connectivity index (χ0v) is 12.2. The van der Waals surface area contributed by atoms with Gasteiger partial charge in [0.15, 0.2) is 0 Å². The number of hydrogen-bond acceptors (Lipinski definition) is 4. The van der Waals surface area contributed by atoms with Gasteiger partial charge in [-0.25, -0.2) is 4.98 Å². The van der Waals surface area contributed by atoms with Gasteiger partial charge in [0.2, 0.25) is 11.8 Å². The second kappa shape index (κ2) is 5.69. The Labute approximate surface area is 117 Å². The van der Waals surface area contributed by atoms with Crippen LogP contribution in [0.15, 0.2) is 10.9 Å². The van der Waals surface area contributed by atoms with Crippen molar-refractivity contribution < 1.29 is 9.59 Å². The lowest BCUT2D eigenvalue weighted by Gasteiger charge is -2.39. The highest BCUT2D eigenvalue weighted by Gasteiger charge is 2.40. The molecule has 1 aromatic heterocycles. The maximum atomic E-state index is 12.5. The molecule has 5 nitrogen and oxygen atoms in total. The Morgan fingerprint density at radius 1 is 1.47 bits per heavy atom. The molecular formula is C13H19N3O2S. The van der Waals surface area contributed by atoms with Crippen molar-refractivity contribution in [1.29, 1.82) is 0 Å². The highest BCUT2D eigenvalue weighted by Crippen LogP contribution is 2.20. The monoisotopic (exact) mass is 281 g/mol. The third kappa shape index (κ3) is 2.78. The van der Waals surface area contributed by atoms with Crippen molar-refractivity contribution >= 4 is 23.2 Å². The summed E-state index contributed by atoms with van der Waals surface area (Å²) in [5.74, 6) is 0.0256. The summed E-state index contributed by atoms with van der Waals surface area (Å²) in [7, 11) is 0. The second-order valence-electron chi connectivity index (χ2n) is 5.10. The molecule has 1 fully saturated rings. The van der Waals surface area contributed by atoms with E-state index >= 15 is 0 Å². The molecule has 19 heavy (non-hydrogen) atoms. The first-order chi connectivity index (χ1) is 9.04. The number of nitrogens with zero attached hydrogens (tertiary/aromatic N) is 2. The van der Waals surface area contributed by atoms with Crippen molar-refractivity contribution in [2.75, 3.05) is 0 Å². The summed E-state index contributed by atoms with van der Waals surface area (Å²) < 4.78 is 0. The molecule has 1 aromatic rings. The summed E-state index contributed by atoms with van der Waals surface area (Å²) in [5, 5.41) is 4.74. The Kier molecular flexibility index (Phi) is 4.19. The molecule has 2 amide bonds. The van der Waals surface area contributed by atoms with Crippen molar-refractivity contribution in [2.24, 2.45) is 5.92 Å². The Balaban J connectivity index is 2.23. The van der Waals surface area contributed by atoms with E-state index < -0.39 is 6.04 Å². The number of thiazole rings is 1. The van der Waals surface area contributed by atoms with Gasteiger partial charge in [-0.3, -0.25) is 9.59 Å². The van der Waals surface area contributed by atoms with Crippen molar-refractivity contribution in [3.05, 3.63) is 16.6 Å². The average molecular weight is 281 g/mol. The molecule has 1 N–H and O–H groups in total. The number of carbonyl (C=O) groups is 2. The quantitative estimate of drug-likeness (QED) is 0.907. The van der Waals surface area contributed by atoms with Crippen LogP contribution in [0.2, 0.25) is 0 Å². The maximum absolute atomic E-state index is 12.5. The zero-order chi connectivity index (χ0) is 14.0. The van der Waals surface area contributed by atoms with Gasteiger partial charge in [0.1, 0.15) is 12.1 Å². The predicted octanol–water partition coefficient (Wildman–Crippen LogP) is 1.40. The smallest absolute Gasteiger partial charge is 0.246 e. The SMILES string of the molecule is CCC1C(=O)NC(C(C)C)C(=O)N1Cc1cscn1. The average Bonchev–Trinajstić information content (AvgIpc) is 2.86. The fourth-order valence-electron chi connectivity index (χ4n) is 2.32. The van der Waals surface area contributed by atoms with Crippen LogP contribution in [0, 0.1) is 5.92 Å². The molecule has 2 unspecified atom stereocenters. The number of rotatable bonds is 4. The minimum atomic E-state index is -0.422. The van der Waals surface area contributed by atoms with Crippen LogP contribution < -0.4 is 5.32 Å². The van der Waals surface area contributed by atoms with Crippen LogP contribution in [-0.4, -0.2) is 33.8 Å². The highest BCUT2D eigenvalue weighted by molar-refractivity contribution is 7.07. The van der Waals surface area contributed by atoms with Gasteiger partial charge in [-0.15, -0.1) is 11.3 Å². The zero-order valence-electron chi connectivity index (χ0n) is 11.4. The number of amides is 2. The molecule has 0 aliphatic carbocycles.